The van der Waals surface area contributed by atoms with Crippen LogP contribution in [0.1, 0.15) is 17.7 Å². The Balaban J connectivity index is 1.04. The molecular formula is C48H33N3. The van der Waals surface area contributed by atoms with Gasteiger partial charge in [-0.15, -0.1) is 0 Å². The average molecular weight is 652 g/mol. The molecule has 3 nitrogen and oxygen atoms in total. The van der Waals surface area contributed by atoms with Crippen molar-refractivity contribution in [1.29, 1.82) is 0 Å². The summed E-state index contributed by atoms with van der Waals surface area (Å²) in [7, 11) is 0. The largest absolute Gasteiger partial charge is 0.310 e. The summed E-state index contributed by atoms with van der Waals surface area (Å²) in [5, 5.41) is 6.21. The Kier molecular flexibility index (Phi) is 6.95. The number of allylic oxidation sites excluding steroid dienone is 1. The van der Waals surface area contributed by atoms with Gasteiger partial charge in [0.25, 0.3) is 0 Å². The molecule has 0 saturated carbocycles. The number of aryl methyl sites for hydroxylation is 1. The Morgan fingerprint density at radius 1 is 0.471 bits per heavy atom. The molecule has 0 radical (unpaired) electrons. The van der Waals surface area contributed by atoms with E-state index in [1.54, 1.807) is 0 Å². The monoisotopic (exact) mass is 651 g/mol. The number of fused-ring (bicyclic) bond motifs is 6. The Morgan fingerprint density at radius 2 is 1.10 bits per heavy atom. The number of hydrogen-bond acceptors (Lipinski definition) is 2. The van der Waals surface area contributed by atoms with Gasteiger partial charge in [0.05, 0.1) is 16.9 Å². The van der Waals surface area contributed by atoms with Gasteiger partial charge in [0.15, 0.2) is 5.82 Å². The molecule has 51 heavy (non-hydrogen) atoms. The lowest BCUT2D eigenvalue weighted by molar-refractivity contribution is 0.967. The van der Waals surface area contributed by atoms with Gasteiger partial charge in [-0.3, -0.25) is 0 Å². The van der Waals surface area contributed by atoms with E-state index in [4.69, 9.17) is 9.97 Å². The summed E-state index contributed by atoms with van der Waals surface area (Å²) in [6.07, 6.45) is 6.76. The van der Waals surface area contributed by atoms with E-state index < -0.39 is 0 Å². The van der Waals surface area contributed by atoms with Crippen LogP contribution < -0.4 is 0 Å². The predicted molar refractivity (Wildman–Crippen MR) is 213 cm³/mol. The second kappa shape index (κ2) is 12.1. The second-order valence-electron chi connectivity index (χ2n) is 13.3. The van der Waals surface area contributed by atoms with Crippen LogP contribution in [0, 0.1) is 0 Å². The summed E-state index contributed by atoms with van der Waals surface area (Å²) in [4.78, 5) is 10.3. The van der Waals surface area contributed by atoms with Crippen LogP contribution in [0.25, 0.3) is 89.2 Å². The van der Waals surface area contributed by atoms with Crippen molar-refractivity contribution >= 4 is 38.5 Å². The minimum Gasteiger partial charge on any atom is -0.310 e. The zero-order valence-corrected chi connectivity index (χ0v) is 28.0. The number of rotatable bonds is 5. The van der Waals surface area contributed by atoms with Crippen LogP contribution in [0.5, 0.6) is 0 Å². The van der Waals surface area contributed by atoms with Gasteiger partial charge in [-0.1, -0.05) is 140 Å². The molecule has 1 aliphatic carbocycles. The highest BCUT2D eigenvalue weighted by molar-refractivity contribution is 6.13. The molecule has 0 spiro atoms. The minimum atomic E-state index is 0.717. The number of benzene rings is 7. The Hall–Kier alpha value is -6.58. The summed E-state index contributed by atoms with van der Waals surface area (Å²) < 4.78 is 2.41. The molecule has 240 valence electrons. The van der Waals surface area contributed by atoms with Crippen LogP contribution in [-0.4, -0.2) is 14.5 Å². The van der Waals surface area contributed by atoms with Gasteiger partial charge < -0.3 is 4.57 Å². The maximum absolute atomic E-state index is 5.18. The third-order valence-corrected chi connectivity index (χ3v) is 10.3. The van der Waals surface area contributed by atoms with E-state index in [1.165, 1.54) is 60.5 Å². The topological polar surface area (TPSA) is 30.7 Å². The van der Waals surface area contributed by atoms with Gasteiger partial charge in [-0.25, -0.2) is 9.97 Å². The third-order valence-electron chi connectivity index (χ3n) is 10.3. The Morgan fingerprint density at radius 3 is 1.90 bits per heavy atom. The van der Waals surface area contributed by atoms with E-state index in [2.05, 4.69) is 162 Å². The zero-order chi connectivity index (χ0) is 33.7. The predicted octanol–water partition coefficient (Wildman–Crippen LogP) is 12.4. The van der Waals surface area contributed by atoms with Crippen LogP contribution >= 0.6 is 0 Å². The lowest BCUT2D eigenvalue weighted by Crippen LogP contribution is -2.00. The zero-order valence-electron chi connectivity index (χ0n) is 28.0. The first-order chi connectivity index (χ1) is 25.3. The van der Waals surface area contributed by atoms with Gasteiger partial charge in [-0.05, 0) is 87.5 Å². The van der Waals surface area contributed by atoms with E-state index in [9.17, 15) is 0 Å². The molecule has 1 aliphatic rings. The summed E-state index contributed by atoms with van der Waals surface area (Å²) in [5.41, 5.74) is 12.5. The number of nitrogens with zero attached hydrogens (tertiary/aromatic N) is 3. The number of hydrogen-bond donors (Lipinski definition) is 0. The number of aromatic nitrogens is 3. The summed E-state index contributed by atoms with van der Waals surface area (Å²) in [5.74, 6) is 0.717. The van der Waals surface area contributed by atoms with E-state index in [0.29, 0.717) is 0 Å². The molecule has 2 heterocycles. The van der Waals surface area contributed by atoms with E-state index >= 15 is 0 Å². The van der Waals surface area contributed by atoms with Crippen molar-refractivity contribution in [2.45, 2.75) is 12.8 Å². The molecule has 0 saturated heterocycles. The quantitative estimate of drug-likeness (QED) is 0.173. The SMILES string of the molecule is C1=Cc2c(c3ccccc3n2-c2ccc(-c3ccc(-c4cc(-c5cc6ccccc6c6ccccc56)nc(-c5ccccc5)n4)cc3)cc2)CC1. The van der Waals surface area contributed by atoms with Crippen molar-refractivity contribution in [3.8, 4) is 50.7 Å². The van der Waals surface area contributed by atoms with Gasteiger partial charge >= 0.3 is 0 Å². The molecular weight excluding hydrogens is 619 g/mol. The summed E-state index contributed by atoms with van der Waals surface area (Å²) >= 11 is 0. The first-order valence-corrected chi connectivity index (χ1v) is 17.6. The first kappa shape index (κ1) is 29.3. The van der Waals surface area contributed by atoms with Crippen molar-refractivity contribution in [1.82, 2.24) is 14.5 Å². The summed E-state index contributed by atoms with van der Waals surface area (Å²) in [6.45, 7) is 0. The molecule has 0 amide bonds. The molecule has 10 rings (SSSR count). The maximum Gasteiger partial charge on any atom is 0.160 e. The molecule has 0 fully saturated rings. The van der Waals surface area contributed by atoms with Crippen LogP contribution in [0.15, 0.2) is 170 Å². The highest BCUT2D eigenvalue weighted by Crippen LogP contribution is 2.37. The normalized spacial score (nSPS) is 12.5. The molecule has 7 aromatic carbocycles. The van der Waals surface area contributed by atoms with Crippen LogP contribution in [0.3, 0.4) is 0 Å². The van der Waals surface area contributed by atoms with Crippen molar-refractivity contribution in [2.75, 3.05) is 0 Å². The van der Waals surface area contributed by atoms with E-state index in [1.807, 2.05) is 18.2 Å². The number of para-hydroxylation sites is 1. The van der Waals surface area contributed by atoms with E-state index in [-0.39, 0.29) is 0 Å². The molecule has 9 aromatic rings. The lowest BCUT2D eigenvalue weighted by Gasteiger charge is -2.14. The molecule has 0 atom stereocenters. The fourth-order valence-electron chi connectivity index (χ4n) is 7.82. The second-order valence-corrected chi connectivity index (χ2v) is 13.3. The van der Waals surface area contributed by atoms with Crippen molar-refractivity contribution in [3.05, 3.63) is 181 Å². The van der Waals surface area contributed by atoms with Crippen LogP contribution in [0.2, 0.25) is 0 Å². The van der Waals surface area contributed by atoms with Crippen LogP contribution in [0.4, 0.5) is 0 Å². The molecule has 0 aliphatic heterocycles. The van der Waals surface area contributed by atoms with Crippen molar-refractivity contribution in [2.24, 2.45) is 0 Å². The fourth-order valence-corrected chi connectivity index (χ4v) is 7.82. The van der Waals surface area contributed by atoms with Crippen molar-refractivity contribution in [3.63, 3.8) is 0 Å². The molecule has 3 heteroatoms. The highest BCUT2D eigenvalue weighted by atomic mass is 15.0. The highest BCUT2D eigenvalue weighted by Gasteiger charge is 2.18. The maximum atomic E-state index is 5.18. The van der Waals surface area contributed by atoms with Gasteiger partial charge in [0.1, 0.15) is 0 Å². The molecule has 0 bridgehead atoms. The van der Waals surface area contributed by atoms with Crippen LogP contribution in [-0.2, 0) is 6.42 Å². The van der Waals surface area contributed by atoms with Gasteiger partial charge in [0.2, 0.25) is 0 Å². The van der Waals surface area contributed by atoms with Gasteiger partial charge in [-0.2, -0.15) is 0 Å². The molecule has 0 unspecified atom stereocenters. The fraction of sp³-hybridized carbons (Fsp3) is 0.0417. The van der Waals surface area contributed by atoms with Gasteiger partial charge in [0, 0.05) is 33.5 Å². The Labute approximate surface area is 296 Å². The minimum absolute atomic E-state index is 0.717. The van der Waals surface area contributed by atoms with E-state index in [0.717, 1.165) is 46.7 Å². The first-order valence-electron chi connectivity index (χ1n) is 17.6. The standard InChI is InChI=1S/C48H33N3/c1-2-12-35(13-3-1)48-49-44(31-45(50-48)43-30-36-14-4-5-15-38(36)39-16-6-7-17-40(39)43)34-24-22-32(23-25-34)33-26-28-37(29-27-33)51-46-20-10-8-18-41(46)42-19-9-11-21-47(42)51/h1-8,10-18,20-31H,9,19H2. The molecule has 0 N–H and O–H groups in total. The average Bonchev–Trinajstić information content (AvgIpc) is 3.55. The lowest BCUT2D eigenvalue weighted by atomic mass is 9.95. The van der Waals surface area contributed by atoms with Crippen molar-refractivity contribution < 1.29 is 0 Å². The molecule has 2 aromatic heterocycles. The summed E-state index contributed by atoms with van der Waals surface area (Å²) in [6, 6.07) is 58.4. The third kappa shape index (κ3) is 5.05. The smallest absolute Gasteiger partial charge is 0.160 e. The Bertz CT molecular complexity index is 2770.